The number of ether oxygens (including phenoxy) is 1. The summed E-state index contributed by atoms with van der Waals surface area (Å²) in [5.74, 6) is 1.13. The van der Waals surface area contributed by atoms with Crippen molar-refractivity contribution in [3.05, 3.63) is 23.4 Å². The van der Waals surface area contributed by atoms with Crippen LogP contribution in [0.5, 0.6) is 0 Å². The minimum absolute atomic E-state index is 0.0910. The Morgan fingerprint density at radius 1 is 1.40 bits per heavy atom. The van der Waals surface area contributed by atoms with Crippen LogP contribution in [0, 0.1) is 5.92 Å². The maximum atomic E-state index is 12.1. The highest BCUT2D eigenvalue weighted by molar-refractivity contribution is 5.95. The quantitative estimate of drug-likeness (QED) is 0.715. The molecule has 20 heavy (non-hydrogen) atoms. The summed E-state index contributed by atoms with van der Waals surface area (Å²) in [6.07, 6.45) is 0.799. The van der Waals surface area contributed by atoms with E-state index in [1.54, 1.807) is 13.1 Å². The standard InChI is InChI=1S/C15H25N3O2/c1-5-13-8-12(9-14(16-4)18-13)15(19)17-6-7-20-10-11(2)3/h8-9,11H,5-7,10H2,1-4H3,(H,16,18)(H,17,19). The number of aryl methyl sites for hydroxylation is 1. The van der Waals surface area contributed by atoms with E-state index in [9.17, 15) is 4.79 Å². The highest BCUT2D eigenvalue weighted by atomic mass is 16.5. The lowest BCUT2D eigenvalue weighted by atomic mass is 10.2. The van der Waals surface area contributed by atoms with Gasteiger partial charge in [-0.15, -0.1) is 0 Å². The van der Waals surface area contributed by atoms with E-state index in [4.69, 9.17) is 4.74 Å². The van der Waals surface area contributed by atoms with Gasteiger partial charge in [-0.05, 0) is 24.5 Å². The second-order valence-corrected chi connectivity index (χ2v) is 5.06. The largest absolute Gasteiger partial charge is 0.379 e. The molecule has 0 aromatic carbocycles. The molecule has 0 saturated carbocycles. The minimum atomic E-state index is -0.0910. The molecule has 1 aromatic heterocycles. The molecule has 0 aliphatic rings. The van der Waals surface area contributed by atoms with Crippen molar-refractivity contribution in [3.63, 3.8) is 0 Å². The Labute approximate surface area is 121 Å². The van der Waals surface area contributed by atoms with Crippen molar-refractivity contribution in [1.82, 2.24) is 10.3 Å². The van der Waals surface area contributed by atoms with Gasteiger partial charge in [-0.3, -0.25) is 4.79 Å². The molecule has 0 atom stereocenters. The number of hydrogen-bond acceptors (Lipinski definition) is 4. The lowest BCUT2D eigenvalue weighted by molar-refractivity contribution is 0.0886. The van der Waals surface area contributed by atoms with Gasteiger partial charge in [0.1, 0.15) is 5.82 Å². The van der Waals surface area contributed by atoms with Gasteiger partial charge in [0.2, 0.25) is 0 Å². The first-order valence-corrected chi connectivity index (χ1v) is 7.11. The maximum Gasteiger partial charge on any atom is 0.251 e. The molecule has 1 heterocycles. The molecule has 0 bridgehead atoms. The summed E-state index contributed by atoms with van der Waals surface area (Å²) in [5.41, 5.74) is 1.53. The van der Waals surface area contributed by atoms with Crippen LogP contribution in [-0.2, 0) is 11.2 Å². The summed E-state index contributed by atoms with van der Waals surface area (Å²) in [7, 11) is 1.79. The molecule has 1 aromatic rings. The number of carbonyl (C=O) groups is 1. The predicted molar refractivity (Wildman–Crippen MR) is 81.2 cm³/mol. The maximum absolute atomic E-state index is 12.1. The SMILES string of the molecule is CCc1cc(C(=O)NCCOCC(C)C)cc(NC)n1. The molecule has 112 valence electrons. The number of anilines is 1. The topological polar surface area (TPSA) is 63.2 Å². The fourth-order valence-electron chi connectivity index (χ4n) is 1.69. The van der Waals surface area contributed by atoms with Gasteiger partial charge < -0.3 is 15.4 Å². The Balaban J connectivity index is 2.50. The molecule has 0 unspecified atom stereocenters. The van der Waals surface area contributed by atoms with Crippen molar-refractivity contribution < 1.29 is 9.53 Å². The van der Waals surface area contributed by atoms with E-state index in [0.29, 0.717) is 30.5 Å². The van der Waals surface area contributed by atoms with Crippen molar-refractivity contribution in [2.24, 2.45) is 5.92 Å². The van der Waals surface area contributed by atoms with E-state index in [-0.39, 0.29) is 5.91 Å². The number of pyridine rings is 1. The van der Waals surface area contributed by atoms with Gasteiger partial charge in [0.25, 0.3) is 5.91 Å². The first-order chi connectivity index (χ1) is 9.56. The lowest BCUT2D eigenvalue weighted by Gasteiger charge is -2.10. The van der Waals surface area contributed by atoms with E-state index in [1.807, 2.05) is 13.0 Å². The third kappa shape index (κ3) is 5.57. The van der Waals surface area contributed by atoms with Crippen LogP contribution in [0.25, 0.3) is 0 Å². The van der Waals surface area contributed by atoms with Crippen LogP contribution < -0.4 is 10.6 Å². The zero-order valence-electron chi connectivity index (χ0n) is 12.8. The number of carbonyl (C=O) groups excluding carboxylic acids is 1. The second-order valence-electron chi connectivity index (χ2n) is 5.06. The summed E-state index contributed by atoms with van der Waals surface area (Å²) >= 11 is 0. The van der Waals surface area contributed by atoms with Gasteiger partial charge >= 0.3 is 0 Å². The van der Waals surface area contributed by atoms with Crippen LogP contribution in [0.4, 0.5) is 5.82 Å². The molecular weight excluding hydrogens is 254 g/mol. The number of nitrogens with one attached hydrogen (secondary N) is 2. The summed E-state index contributed by atoms with van der Waals surface area (Å²) in [6, 6.07) is 3.58. The predicted octanol–water partition coefficient (Wildman–Crippen LogP) is 2.09. The molecule has 0 saturated heterocycles. The number of nitrogens with zero attached hydrogens (tertiary/aromatic N) is 1. The highest BCUT2D eigenvalue weighted by Gasteiger charge is 2.08. The second kappa shape index (κ2) is 8.53. The number of rotatable bonds is 8. The molecule has 1 rings (SSSR count). The molecule has 0 aliphatic carbocycles. The number of amides is 1. The molecular formula is C15H25N3O2. The molecule has 1 amide bonds. The normalized spacial score (nSPS) is 10.7. The lowest BCUT2D eigenvalue weighted by Crippen LogP contribution is -2.28. The fourth-order valence-corrected chi connectivity index (χ4v) is 1.69. The third-order valence-corrected chi connectivity index (χ3v) is 2.74. The van der Waals surface area contributed by atoms with E-state index >= 15 is 0 Å². The summed E-state index contributed by atoms with van der Waals surface area (Å²) in [6.45, 7) is 7.99. The highest BCUT2D eigenvalue weighted by Crippen LogP contribution is 2.10. The van der Waals surface area contributed by atoms with Gasteiger partial charge in [0.05, 0.1) is 6.61 Å². The van der Waals surface area contributed by atoms with Crippen LogP contribution in [0.1, 0.15) is 36.8 Å². The van der Waals surface area contributed by atoms with Crippen molar-refractivity contribution in [1.29, 1.82) is 0 Å². The van der Waals surface area contributed by atoms with E-state index in [1.165, 1.54) is 0 Å². The van der Waals surface area contributed by atoms with Crippen molar-refractivity contribution in [3.8, 4) is 0 Å². The molecule has 0 radical (unpaired) electrons. The zero-order chi connectivity index (χ0) is 15.0. The fraction of sp³-hybridized carbons (Fsp3) is 0.600. The van der Waals surface area contributed by atoms with Gasteiger partial charge in [-0.2, -0.15) is 0 Å². The number of hydrogen-bond donors (Lipinski definition) is 2. The zero-order valence-corrected chi connectivity index (χ0v) is 12.8. The van der Waals surface area contributed by atoms with E-state index in [2.05, 4.69) is 29.5 Å². The van der Waals surface area contributed by atoms with Gasteiger partial charge in [-0.1, -0.05) is 20.8 Å². The Morgan fingerprint density at radius 2 is 2.15 bits per heavy atom. The van der Waals surface area contributed by atoms with E-state index in [0.717, 1.165) is 18.7 Å². The van der Waals surface area contributed by atoms with Crippen LogP contribution >= 0.6 is 0 Å². The summed E-state index contributed by atoms with van der Waals surface area (Å²) in [4.78, 5) is 16.4. The smallest absolute Gasteiger partial charge is 0.251 e. The summed E-state index contributed by atoms with van der Waals surface area (Å²) in [5, 5.41) is 5.83. The van der Waals surface area contributed by atoms with Gasteiger partial charge in [-0.25, -0.2) is 4.98 Å². The number of aromatic nitrogens is 1. The van der Waals surface area contributed by atoms with Crippen molar-refractivity contribution in [2.45, 2.75) is 27.2 Å². The van der Waals surface area contributed by atoms with Crippen LogP contribution in [0.2, 0.25) is 0 Å². The Bertz CT molecular complexity index is 411. The molecule has 5 heteroatoms. The molecule has 0 spiro atoms. The van der Waals surface area contributed by atoms with Crippen LogP contribution in [0.3, 0.4) is 0 Å². The average molecular weight is 279 g/mol. The molecule has 5 nitrogen and oxygen atoms in total. The Hall–Kier alpha value is -1.62. The average Bonchev–Trinajstić information content (AvgIpc) is 2.45. The summed E-state index contributed by atoms with van der Waals surface area (Å²) < 4.78 is 5.43. The van der Waals surface area contributed by atoms with Crippen LogP contribution in [0.15, 0.2) is 12.1 Å². The van der Waals surface area contributed by atoms with Crippen LogP contribution in [-0.4, -0.2) is 37.7 Å². The Kier molecular flexibility index (Phi) is 7.01. The first kappa shape index (κ1) is 16.4. The van der Waals surface area contributed by atoms with Gasteiger partial charge in [0.15, 0.2) is 0 Å². The van der Waals surface area contributed by atoms with Gasteiger partial charge in [0, 0.05) is 31.5 Å². The van der Waals surface area contributed by atoms with Crippen molar-refractivity contribution >= 4 is 11.7 Å². The van der Waals surface area contributed by atoms with Crippen molar-refractivity contribution in [2.75, 3.05) is 32.1 Å². The first-order valence-electron chi connectivity index (χ1n) is 7.11. The molecule has 0 aliphatic heterocycles. The monoisotopic (exact) mass is 279 g/mol. The molecule has 0 fully saturated rings. The van der Waals surface area contributed by atoms with E-state index < -0.39 is 0 Å². The third-order valence-electron chi connectivity index (χ3n) is 2.74. The Morgan fingerprint density at radius 3 is 2.75 bits per heavy atom. The molecule has 2 N–H and O–H groups in total. The minimum Gasteiger partial charge on any atom is -0.379 e.